The number of rotatable bonds is 4. The highest BCUT2D eigenvalue weighted by atomic mass is 16.5. The Labute approximate surface area is 97.2 Å². The van der Waals surface area contributed by atoms with Gasteiger partial charge in [0.25, 0.3) is 0 Å². The first-order chi connectivity index (χ1) is 7.83. The van der Waals surface area contributed by atoms with Crippen LogP contribution in [-0.2, 0) is 6.42 Å². The highest BCUT2D eigenvalue weighted by molar-refractivity contribution is 5.57. The van der Waals surface area contributed by atoms with Crippen molar-refractivity contribution in [2.75, 3.05) is 26.0 Å². The van der Waals surface area contributed by atoms with Gasteiger partial charge in [-0.3, -0.25) is 0 Å². The average molecular weight is 220 g/mol. The van der Waals surface area contributed by atoms with Crippen LogP contribution in [-0.4, -0.2) is 26.7 Å². The quantitative estimate of drug-likeness (QED) is 0.814. The first kappa shape index (κ1) is 11.3. The molecule has 0 radical (unpaired) electrons. The molecule has 88 valence electrons. The summed E-state index contributed by atoms with van der Waals surface area (Å²) in [7, 11) is 3.71. The maximum atomic E-state index is 5.24. The van der Waals surface area contributed by atoms with E-state index in [1.807, 2.05) is 13.1 Å². The molecule has 1 aliphatic heterocycles. The second-order valence-corrected chi connectivity index (χ2v) is 4.30. The monoisotopic (exact) mass is 220 g/mol. The lowest BCUT2D eigenvalue weighted by atomic mass is 9.96. The van der Waals surface area contributed by atoms with Gasteiger partial charge in [-0.25, -0.2) is 0 Å². The van der Waals surface area contributed by atoms with E-state index >= 15 is 0 Å². The zero-order valence-corrected chi connectivity index (χ0v) is 10.0. The smallest absolute Gasteiger partial charge is 0.120 e. The van der Waals surface area contributed by atoms with Gasteiger partial charge in [0.15, 0.2) is 0 Å². The molecule has 1 aromatic rings. The van der Waals surface area contributed by atoms with Crippen LogP contribution in [0.15, 0.2) is 18.2 Å². The molecule has 1 heterocycles. The molecule has 0 fully saturated rings. The number of hydrogen-bond acceptors (Lipinski definition) is 3. The van der Waals surface area contributed by atoms with Crippen molar-refractivity contribution in [2.24, 2.45) is 0 Å². The second-order valence-electron chi connectivity index (χ2n) is 4.30. The summed E-state index contributed by atoms with van der Waals surface area (Å²) in [6.45, 7) is 1.07. The lowest BCUT2D eigenvalue weighted by Crippen LogP contribution is -2.28. The summed E-state index contributed by atoms with van der Waals surface area (Å²) in [4.78, 5) is 0. The summed E-state index contributed by atoms with van der Waals surface area (Å²) >= 11 is 0. The zero-order valence-electron chi connectivity index (χ0n) is 10.0. The van der Waals surface area contributed by atoms with Crippen LogP contribution in [0, 0.1) is 0 Å². The summed E-state index contributed by atoms with van der Waals surface area (Å²) in [5.41, 5.74) is 2.65. The molecule has 2 rings (SSSR count). The molecule has 0 aromatic heterocycles. The number of methoxy groups -OCH3 is 1. The normalized spacial score (nSPS) is 18.8. The minimum absolute atomic E-state index is 0.590. The van der Waals surface area contributed by atoms with Gasteiger partial charge in [0.2, 0.25) is 0 Å². The summed E-state index contributed by atoms with van der Waals surface area (Å²) < 4.78 is 5.24. The van der Waals surface area contributed by atoms with Crippen molar-refractivity contribution < 1.29 is 4.74 Å². The summed E-state index contributed by atoms with van der Waals surface area (Å²) in [6.07, 6.45) is 3.56. The molecule has 0 spiro atoms. The molecule has 3 heteroatoms. The summed E-state index contributed by atoms with van der Waals surface area (Å²) in [5.74, 6) is 0.931. The van der Waals surface area contributed by atoms with Crippen molar-refractivity contribution in [2.45, 2.75) is 25.3 Å². The van der Waals surface area contributed by atoms with Gasteiger partial charge in [-0.05, 0) is 44.5 Å². The van der Waals surface area contributed by atoms with Gasteiger partial charge in [-0.2, -0.15) is 0 Å². The molecule has 2 N–H and O–H groups in total. The molecule has 0 saturated heterocycles. The van der Waals surface area contributed by atoms with Gasteiger partial charge >= 0.3 is 0 Å². The van der Waals surface area contributed by atoms with Crippen LogP contribution in [0.2, 0.25) is 0 Å². The van der Waals surface area contributed by atoms with Crippen LogP contribution in [0.1, 0.15) is 18.4 Å². The third-order valence-electron chi connectivity index (χ3n) is 3.18. The summed E-state index contributed by atoms with van der Waals surface area (Å²) in [6, 6.07) is 6.89. The van der Waals surface area contributed by atoms with Crippen LogP contribution in [0.5, 0.6) is 5.75 Å². The van der Waals surface area contributed by atoms with Gasteiger partial charge < -0.3 is 15.4 Å². The van der Waals surface area contributed by atoms with Crippen LogP contribution >= 0.6 is 0 Å². The molecule has 0 amide bonds. The Kier molecular flexibility index (Phi) is 3.67. The number of benzene rings is 1. The maximum absolute atomic E-state index is 5.24. The molecule has 1 unspecified atom stereocenters. The molecular formula is C13H20N2O. The Morgan fingerprint density at radius 1 is 1.50 bits per heavy atom. The molecule has 1 aliphatic rings. The van der Waals surface area contributed by atoms with Gasteiger partial charge in [0.1, 0.15) is 5.75 Å². The van der Waals surface area contributed by atoms with E-state index in [9.17, 15) is 0 Å². The third-order valence-corrected chi connectivity index (χ3v) is 3.18. The third kappa shape index (κ3) is 2.47. The average Bonchev–Trinajstić information content (AvgIpc) is 2.35. The molecule has 0 saturated carbocycles. The van der Waals surface area contributed by atoms with Crippen molar-refractivity contribution in [1.82, 2.24) is 5.32 Å². The van der Waals surface area contributed by atoms with E-state index in [1.165, 1.54) is 30.5 Å². The number of ether oxygens (including phenoxy) is 1. The van der Waals surface area contributed by atoms with Crippen LogP contribution in [0.4, 0.5) is 5.69 Å². The predicted molar refractivity (Wildman–Crippen MR) is 67.3 cm³/mol. The van der Waals surface area contributed by atoms with E-state index in [4.69, 9.17) is 4.74 Å². The van der Waals surface area contributed by atoms with E-state index in [2.05, 4.69) is 22.8 Å². The lowest BCUT2D eigenvalue weighted by Gasteiger charge is -2.27. The SMILES string of the molecule is CNCCC1CCc2ccc(OC)cc2N1. The van der Waals surface area contributed by atoms with E-state index in [0.717, 1.165) is 12.3 Å². The molecular weight excluding hydrogens is 200 g/mol. The fourth-order valence-electron chi connectivity index (χ4n) is 2.19. The first-order valence-electron chi connectivity index (χ1n) is 5.91. The molecule has 1 aromatic carbocycles. The predicted octanol–water partition coefficient (Wildman–Crippen LogP) is 2.03. The van der Waals surface area contributed by atoms with Crippen LogP contribution < -0.4 is 15.4 Å². The maximum Gasteiger partial charge on any atom is 0.120 e. The fraction of sp³-hybridized carbons (Fsp3) is 0.538. The zero-order chi connectivity index (χ0) is 11.4. The molecule has 3 nitrogen and oxygen atoms in total. The molecule has 0 bridgehead atoms. The Bertz CT molecular complexity index is 352. The number of anilines is 1. The van der Waals surface area contributed by atoms with E-state index in [1.54, 1.807) is 7.11 Å². The Hall–Kier alpha value is -1.22. The van der Waals surface area contributed by atoms with Gasteiger partial charge in [0.05, 0.1) is 7.11 Å². The Morgan fingerprint density at radius 3 is 3.12 bits per heavy atom. The lowest BCUT2D eigenvalue weighted by molar-refractivity contribution is 0.414. The number of aryl methyl sites for hydroxylation is 1. The minimum Gasteiger partial charge on any atom is -0.497 e. The number of fused-ring (bicyclic) bond motifs is 1. The Morgan fingerprint density at radius 2 is 2.38 bits per heavy atom. The van der Waals surface area contributed by atoms with Gasteiger partial charge in [-0.15, -0.1) is 0 Å². The van der Waals surface area contributed by atoms with Crippen molar-refractivity contribution in [3.8, 4) is 5.75 Å². The summed E-state index contributed by atoms with van der Waals surface area (Å²) in [5, 5.41) is 6.78. The van der Waals surface area contributed by atoms with E-state index in [0.29, 0.717) is 6.04 Å². The number of hydrogen-bond donors (Lipinski definition) is 2. The Balaban J connectivity index is 2.06. The van der Waals surface area contributed by atoms with Gasteiger partial charge in [-0.1, -0.05) is 6.07 Å². The van der Waals surface area contributed by atoms with Crippen molar-refractivity contribution in [3.63, 3.8) is 0 Å². The van der Waals surface area contributed by atoms with E-state index < -0.39 is 0 Å². The van der Waals surface area contributed by atoms with Crippen LogP contribution in [0.3, 0.4) is 0 Å². The van der Waals surface area contributed by atoms with E-state index in [-0.39, 0.29) is 0 Å². The van der Waals surface area contributed by atoms with Crippen LogP contribution in [0.25, 0.3) is 0 Å². The van der Waals surface area contributed by atoms with Crippen molar-refractivity contribution in [1.29, 1.82) is 0 Å². The second kappa shape index (κ2) is 5.21. The first-order valence-corrected chi connectivity index (χ1v) is 5.91. The van der Waals surface area contributed by atoms with Crippen molar-refractivity contribution >= 4 is 5.69 Å². The largest absolute Gasteiger partial charge is 0.497 e. The molecule has 16 heavy (non-hydrogen) atoms. The number of nitrogens with one attached hydrogen (secondary N) is 2. The minimum atomic E-state index is 0.590. The standard InChI is InChI=1S/C13H20N2O/c1-14-8-7-11-5-3-10-4-6-12(16-2)9-13(10)15-11/h4,6,9,11,14-15H,3,5,7-8H2,1-2H3. The highest BCUT2D eigenvalue weighted by Crippen LogP contribution is 2.29. The molecule has 1 atom stereocenters. The topological polar surface area (TPSA) is 33.3 Å². The molecule has 0 aliphatic carbocycles. The van der Waals surface area contributed by atoms with Gasteiger partial charge in [0, 0.05) is 17.8 Å². The van der Waals surface area contributed by atoms with Crippen molar-refractivity contribution in [3.05, 3.63) is 23.8 Å². The fourth-order valence-corrected chi connectivity index (χ4v) is 2.19. The highest BCUT2D eigenvalue weighted by Gasteiger charge is 2.17.